The third kappa shape index (κ3) is 5.61. The number of imidazole rings is 1. The molecule has 0 aliphatic heterocycles. The number of hydrogen-bond donors (Lipinski definition) is 3. The molecule has 3 aromatic rings. The number of anilines is 1. The Hall–Kier alpha value is -3.91. The SMILES string of the molecule is C=C(N=C(/C=C(\N)c1ccccn1)C(C)(C)O)Nc1ccc(-n2cnc(C)c2)c(OC)c1. The Labute approximate surface area is 187 Å². The van der Waals surface area contributed by atoms with Crippen molar-refractivity contribution in [1.82, 2.24) is 14.5 Å². The monoisotopic (exact) mass is 432 g/mol. The first-order valence-electron chi connectivity index (χ1n) is 10.0. The molecule has 0 fully saturated rings. The minimum atomic E-state index is -1.25. The topological polar surface area (TPSA) is 111 Å². The molecule has 3 rings (SSSR count). The fraction of sp³-hybridized carbons (Fsp3) is 0.208. The highest BCUT2D eigenvalue weighted by Crippen LogP contribution is 2.27. The van der Waals surface area contributed by atoms with Crippen LogP contribution in [0.25, 0.3) is 11.4 Å². The van der Waals surface area contributed by atoms with Gasteiger partial charge in [0.2, 0.25) is 0 Å². The number of ether oxygens (including phenoxy) is 1. The number of rotatable bonds is 8. The molecule has 0 radical (unpaired) electrons. The molecule has 0 spiro atoms. The lowest BCUT2D eigenvalue weighted by Crippen LogP contribution is -2.31. The summed E-state index contributed by atoms with van der Waals surface area (Å²) in [5, 5.41) is 13.7. The van der Waals surface area contributed by atoms with Crippen molar-refractivity contribution in [2.75, 3.05) is 12.4 Å². The fourth-order valence-corrected chi connectivity index (χ4v) is 2.96. The fourth-order valence-electron chi connectivity index (χ4n) is 2.96. The zero-order chi connectivity index (χ0) is 23.3. The summed E-state index contributed by atoms with van der Waals surface area (Å²) in [5.74, 6) is 0.992. The van der Waals surface area contributed by atoms with Crippen LogP contribution in [0.15, 0.2) is 78.6 Å². The van der Waals surface area contributed by atoms with Gasteiger partial charge in [0.1, 0.15) is 17.2 Å². The Kier molecular flexibility index (Phi) is 6.75. The van der Waals surface area contributed by atoms with Crippen molar-refractivity contribution in [2.24, 2.45) is 10.7 Å². The van der Waals surface area contributed by atoms with Crippen LogP contribution in [0, 0.1) is 6.92 Å². The van der Waals surface area contributed by atoms with E-state index in [2.05, 4.69) is 26.9 Å². The number of pyridine rings is 1. The summed E-state index contributed by atoms with van der Waals surface area (Å²) in [4.78, 5) is 13.0. The van der Waals surface area contributed by atoms with Crippen LogP contribution < -0.4 is 15.8 Å². The van der Waals surface area contributed by atoms with Gasteiger partial charge in [0.25, 0.3) is 0 Å². The number of aryl methyl sites for hydroxylation is 1. The molecule has 0 bridgehead atoms. The van der Waals surface area contributed by atoms with E-state index in [-0.39, 0.29) is 0 Å². The van der Waals surface area contributed by atoms with E-state index >= 15 is 0 Å². The lowest BCUT2D eigenvalue weighted by Gasteiger charge is -2.19. The molecule has 166 valence electrons. The van der Waals surface area contributed by atoms with Crippen molar-refractivity contribution in [3.05, 3.63) is 85.0 Å². The number of nitrogens with one attached hydrogen (secondary N) is 1. The van der Waals surface area contributed by atoms with Gasteiger partial charge in [-0.15, -0.1) is 0 Å². The average Bonchev–Trinajstić information content (AvgIpc) is 3.19. The number of aliphatic hydroxyl groups is 1. The molecule has 8 heteroatoms. The number of hydrogen-bond acceptors (Lipinski definition) is 7. The van der Waals surface area contributed by atoms with E-state index in [0.717, 1.165) is 17.1 Å². The first-order valence-corrected chi connectivity index (χ1v) is 10.0. The molecular weight excluding hydrogens is 404 g/mol. The van der Waals surface area contributed by atoms with Crippen molar-refractivity contribution < 1.29 is 9.84 Å². The summed E-state index contributed by atoms with van der Waals surface area (Å²) in [6.07, 6.45) is 6.90. The summed E-state index contributed by atoms with van der Waals surface area (Å²) in [5.41, 5.74) is 8.75. The van der Waals surface area contributed by atoms with Gasteiger partial charge in [-0.2, -0.15) is 0 Å². The zero-order valence-electron chi connectivity index (χ0n) is 18.7. The van der Waals surface area contributed by atoms with Gasteiger partial charge in [-0.3, -0.25) is 4.98 Å². The van der Waals surface area contributed by atoms with Crippen LogP contribution >= 0.6 is 0 Å². The van der Waals surface area contributed by atoms with E-state index in [0.29, 0.717) is 28.7 Å². The standard InChI is InChI=1S/C24H28N6O2/c1-16-14-30(15-27-16)21-10-9-18(12-22(21)32-5)28-17(2)29-23(24(3,4)31)13-19(25)20-8-6-7-11-26-20/h6-15,28,31H,2,25H2,1,3-5H3/b19-13-,29-23?. The van der Waals surface area contributed by atoms with Gasteiger partial charge in [-0.1, -0.05) is 12.6 Å². The Morgan fingerprint density at radius 1 is 1.28 bits per heavy atom. The molecule has 0 saturated carbocycles. The average molecular weight is 433 g/mol. The minimum Gasteiger partial charge on any atom is -0.494 e. The van der Waals surface area contributed by atoms with Crippen LogP contribution in [0.2, 0.25) is 0 Å². The Morgan fingerprint density at radius 2 is 2.06 bits per heavy atom. The predicted octanol–water partition coefficient (Wildman–Crippen LogP) is 3.68. The van der Waals surface area contributed by atoms with Gasteiger partial charge in [0.15, 0.2) is 0 Å². The first-order chi connectivity index (χ1) is 15.2. The predicted molar refractivity (Wildman–Crippen MR) is 128 cm³/mol. The summed E-state index contributed by atoms with van der Waals surface area (Å²) >= 11 is 0. The smallest absolute Gasteiger partial charge is 0.144 e. The highest BCUT2D eigenvalue weighted by atomic mass is 16.5. The molecule has 2 aromatic heterocycles. The largest absolute Gasteiger partial charge is 0.494 e. The Bertz CT molecular complexity index is 1160. The molecule has 0 unspecified atom stereocenters. The number of methoxy groups -OCH3 is 1. The molecular formula is C24H28N6O2. The quantitative estimate of drug-likeness (QED) is 0.468. The second-order valence-corrected chi connectivity index (χ2v) is 7.75. The van der Waals surface area contributed by atoms with Crippen molar-refractivity contribution in [1.29, 1.82) is 0 Å². The number of aliphatic imine (C=N–C) groups is 1. The Balaban J connectivity index is 1.85. The van der Waals surface area contributed by atoms with Crippen molar-refractivity contribution in [3.8, 4) is 11.4 Å². The molecule has 4 N–H and O–H groups in total. The lowest BCUT2D eigenvalue weighted by molar-refractivity contribution is 0.155. The lowest BCUT2D eigenvalue weighted by atomic mass is 10.0. The van der Waals surface area contributed by atoms with Crippen LogP contribution in [0.4, 0.5) is 5.69 Å². The maximum absolute atomic E-state index is 10.6. The van der Waals surface area contributed by atoms with E-state index in [1.165, 1.54) is 0 Å². The number of aromatic nitrogens is 3. The highest BCUT2D eigenvalue weighted by Gasteiger charge is 2.21. The zero-order valence-corrected chi connectivity index (χ0v) is 18.7. The van der Waals surface area contributed by atoms with E-state index in [4.69, 9.17) is 10.5 Å². The van der Waals surface area contributed by atoms with Gasteiger partial charge in [0, 0.05) is 24.1 Å². The van der Waals surface area contributed by atoms with E-state index in [1.54, 1.807) is 51.7 Å². The van der Waals surface area contributed by atoms with Crippen molar-refractivity contribution in [2.45, 2.75) is 26.4 Å². The van der Waals surface area contributed by atoms with Gasteiger partial charge in [-0.25, -0.2) is 9.98 Å². The van der Waals surface area contributed by atoms with Gasteiger partial charge in [0.05, 0.1) is 41.9 Å². The minimum absolute atomic E-state index is 0.334. The summed E-state index contributed by atoms with van der Waals surface area (Å²) < 4.78 is 7.43. The molecule has 0 aliphatic rings. The van der Waals surface area contributed by atoms with Crippen LogP contribution in [0.1, 0.15) is 25.2 Å². The highest BCUT2D eigenvalue weighted by molar-refractivity contribution is 6.05. The molecule has 8 nitrogen and oxygen atoms in total. The van der Waals surface area contributed by atoms with E-state index < -0.39 is 5.60 Å². The van der Waals surface area contributed by atoms with Crippen LogP contribution in [-0.2, 0) is 0 Å². The van der Waals surface area contributed by atoms with Crippen LogP contribution in [-0.4, -0.2) is 38.1 Å². The number of nitrogens with zero attached hydrogens (tertiary/aromatic N) is 4. The molecule has 1 aromatic carbocycles. The summed E-state index contributed by atoms with van der Waals surface area (Å²) in [6.45, 7) is 9.16. The van der Waals surface area contributed by atoms with E-state index in [9.17, 15) is 5.11 Å². The summed E-state index contributed by atoms with van der Waals surface area (Å²) in [7, 11) is 1.61. The van der Waals surface area contributed by atoms with Crippen molar-refractivity contribution >= 4 is 17.1 Å². The second kappa shape index (κ2) is 9.49. The summed E-state index contributed by atoms with van der Waals surface area (Å²) in [6, 6.07) is 11.1. The maximum Gasteiger partial charge on any atom is 0.144 e. The number of benzene rings is 1. The maximum atomic E-state index is 10.6. The third-order valence-electron chi connectivity index (χ3n) is 4.59. The van der Waals surface area contributed by atoms with Gasteiger partial charge in [-0.05, 0) is 51.1 Å². The normalized spacial score (nSPS) is 12.5. The molecule has 2 heterocycles. The third-order valence-corrected chi connectivity index (χ3v) is 4.59. The van der Waals surface area contributed by atoms with Gasteiger partial charge >= 0.3 is 0 Å². The molecule has 0 amide bonds. The Morgan fingerprint density at radius 3 is 2.66 bits per heavy atom. The van der Waals surface area contributed by atoms with Crippen LogP contribution in [0.3, 0.4) is 0 Å². The molecule has 0 saturated heterocycles. The van der Waals surface area contributed by atoms with E-state index in [1.807, 2.05) is 42.0 Å². The van der Waals surface area contributed by atoms with Crippen LogP contribution in [0.5, 0.6) is 5.75 Å². The molecule has 0 atom stereocenters. The van der Waals surface area contributed by atoms with Gasteiger partial charge < -0.3 is 25.5 Å². The molecule has 0 aliphatic carbocycles. The molecule has 32 heavy (non-hydrogen) atoms. The number of nitrogens with two attached hydrogens (primary N) is 1. The first kappa shape index (κ1) is 22.8. The second-order valence-electron chi connectivity index (χ2n) is 7.75. The van der Waals surface area contributed by atoms with Crippen molar-refractivity contribution in [3.63, 3.8) is 0 Å².